The van der Waals surface area contributed by atoms with Crippen molar-refractivity contribution < 1.29 is 9.13 Å². The van der Waals surface area contributed by atoms with Crippen LogP contribution < -0.4 is 0 Å². The van der Waals surface area contributed by atoms with Crippen molar-refractivity contribution in [3.8, 4) is 11.1 Å². The highest BCUT2D eigenvalue weighted by atomic mass is 19.1. The van der Waals surface area contributed by atoms with Crippen LogP contribution in [0.4, 0.5) is 4.39 Å². The molecule has 0 fully saturated rings. The number of halogens is 1. The molecule has 0 N–H and O–H groups in total. The summed E-state index contributed by atoms with van der Waals surface area (Å²) in [5.41, 5.74) is 4.38. The highest BCUT2D eigenvalue weighted by Crippen LogP contribution is 2.37. The Bertz CT molecular complexity index is 1080. The van der Waals surface area contributed by atoms with Gasteiger partial charge >= 0.3 is 0 Å². The van der Waals surface area contributed by atoms with Crippen molar-refractivity contribution in [2.45, 2.75) is 19.9 Å². The average molecular weight is 387 g/mol. The summed E-state index contributed by atoms with van der Waals surface area (Å²) >= 11 is 0. The maximum Gasteiger partial charge on any atom is 0.123 e. The van der Waals surface area contributed by atoms with E-state index in [4.69, 9.17) is 4.74 Å². The van der Waals surface area contributed by atoms with E-state index in [0.29, 0.717) is 5.76 Å². The molecular weight excluding hydrogens is 361 g/mol. The highest BCUT2D eigenvalue weighted by molar-refractivity contribution is 6.01. The fourth-order valence-electron chi connectivity index (χ4n) is 3.43. The molecule has 2 aromatic carbocycles. The van der Waals surface area contributed by atoms with Crippen LogP contribution in [0.15, 0.2) is 91.2 Å². The monoisotopic (exact) mass is 387 g/mol. The second kappa shape index (κ2) is 9.24. The first-order valence-electron chi connectivity index (χ1n) is 9.66. The summed E-state index contributed by atoms with van der Waals surface area (Å²) in [5.74, 6) is 0.378. The minimum Gasteiger partial charge on any atom is -0.497 e. The number of fused-ring (bicyclic) bond motifs is 1. The van der Waals surface area contributed by atoms with Gasteiger partial charge in [0.25, 0.3) is 0 Å². The van der Waals surface area contributed by atoms with Gasteiger partial charge in [0.15, 0.2) is 0 Å². The molecule has 0 unspecified atom stereocenters. The summed E-state index contributed by atoms with van der Waals surface area (Å²) in [6, 6.07) is 15.3. The fourth-order valence-corrected chi connectivity index (χ4v) is 3.43. The summed E-state index contributed by atoms with van der Waals surface area (Å²) in [7, 11) is 1.60. The number of hydrogen-bond acceptors (Lipinski definition) is 1. The van der Waals surface area contributed by atoms with Gasteiger partial charge in [-0.05, 0) is 49.8 Å². The Hall–Kier alpha value is -3.33. The zero-order chi connectivity index (χ0) is 20.8. The fraction of sp³-hybridized carbons (Fsp3) is 0.154. The van der Waals surface area contributed by atoms with E-state index in [0.717, 1.165) is 22.2 Å². The lowest BCUT2D eigenvalue weighted by Crippen LogP contribution is -2.02. The van der Waals surface area contributed by atoms with Crippen LogP contribution in [0.1, 0.15) is 25.6 Å². The van der Waals surface area contributed by atoms with Gasteiger partial charge in [0, 0.05) is 28.2 Å². The Balaban J connectivity index is 2.10. The largest absolute Gasteiger partial charge is 0.497 e. The standard InChI is InChI=1S/C26H26FNO/c1-19(2)28-24-13-10-9-12-23(24)26(21-15-17-22(27)18-16-21)25(28)14-8-6-5-7-11-20(3)29-4/h5-19H,3H2,1-2,4H3/b6-5+,11-7+,14-8+. The molecule has 0 aliphatic carbocycles. The number of benzene rings is 2. The van der Waals surface area contributed by atoms with Gasteiger partial charge in [0.2, 0.25) is 0 Å². The number of nitrogens with zero attached hydrogens (tertiary/aromatic N) is 1. The molecule has 0 aliphatic rings. The molecule has 0 bridgehead atoms. The second-order valence-electron chi connectivity index (χ2n) is 7.02. The molecule has 148 valence electrons. The Labute approximate surface area is 171 Å². The molecule has 0 saturated carbocycles. The van der Waals surface area contributed by atoms with Crippen LogP contribution in [-0.4, -0.2) is 11.7 Å². The van der Waals surface area contributed by atoms with Crippen molar-refractivity contribution in [2.75, 3.05) is 7.11 Å². The lowest BCUT2D eigenvalue weighted by atomic mass is 10.0. The Morgan fingerprint density at radius 1 is 1.00 bits per heavy atom. The van der Waals surface area contributed by atoms with Crippen molar-refractivity contribution in [1.82, 2.24) is 4.57 Å². The van der Waals surface area contributed by atoms with Crippen molar-refractivity contribution >= 4 is 17.0 Å². The van der Waals surface area contributed by atoms with Gasteiger partial charge in [0.1, 0.15) is 11.6 Å². The van der Waals surface area contributed by atoms with Crippen molar-refractivity contribution in [1.29, 1.82) is 0 Å². The molecule has 0 radical (unpaired) electrons. The molecule has 1 aromatic heterocycles. The third-order valence-corrected chi connectivity index (χ3v) is 4.73. The second-order valence-corrected chi connectivity index (χ2v) is 7.02. The van der Waals surface area contributed by atoms with Gasteiger partial charge in [0.05, 0.1) is 7.11 Å². The van der Waals surface area contributed by atoms with Gasteiger partial charge < -0.3 is 9.30 Å². The van der Waals surface area contributed by atoms with Gasteiger partial charge in [-0.2, -0.15) is 0 Å². The van der Waals surface area contributed by atoms with Crippen LogP contribution in [-0.2, 0) is 4.74 Å². The minimum absolute atomic E-state index is 0.231. The van der Waals surface area contributed by atoms with E-state index in [2.05, 4.69) is 49.3 Å². The van der Waals surface area contributed by atoms with Crippen molar-refractivity contribution in [2.24, 2.45) is 0 Å². The van der Waals surface area contributed by atoms with Gasteiger partial charge in [-0.3, -0.25) is 0 Å². The van der Waals surface area contributed by atoms with Crippen molar-refractivity contribution in [3.05, 3.63) is 103 Å². The predicted octanol–water partition coefficient (Wildman–Crippen LogP) is 7.31. The van der Waals surface area contributed by atoms with Gasteiger partial charge in [-0.1, -0.05) is 61.2 Å². The predicted molar refractivity (Wildman–Crippen MR) is 121 cm³/mol. The minimum atomic E-state index is -0.231. The lowest BCUT2D eigenvalue weighted by molar-refractivity contribution is 0.309. The maximum atomic E-state index is 13.5. The zero-order valence-corrected chi connectivity index (χ0v) is 17.1. The molecule has 0 aliphatic heterocycles. The third kappa shape index (κ3) is 4.57. The van der Waals surface area contributed by atoms with Crippen LogP contribution in [0.5, 0.6) is 0 Å². The van der Waals surface area contributed by atoms with Crippen LogP contribution in [0.3, 0.4) is 0 Å². The molecule has 0 atom stereocenters. The van der Waals surface area contributed by atoms with E-state index in [9.17, 15) is 4.39 Å². The normalized spacial score (nSPS) is 12.2. The topological polar surface area (TPSA) is 14.2 Å². The molecule has 3 heteroatoms. The molecule has 0 spiro atoms. The number of para-hydroxylation sites is 1. The van der Waals surface area contributed by atoms with E-state index in [1.54, 1.807) is 13.2 Å². The molecule has 1 heterocycles. The average Bonchev–Trinajstić information content (AvgIpc) is 3.05. The molecule has 0 saturated heterocycles. The molecule has 3 aromatic rings. The SMILES string of the molecule is C=C(/C=C/C=C/C=C/c1c(-c2ccc(F)cc2)c2ccccc2n1C(C)C)OC. The van der Waals surface area contributed by atoms with Crippen LogP contribution in [0, 0.1) is 5.82 Å². The van der Waals surface area contributed by atoms with Crippen molar-refractivity contribution in [3.63, 3.8) is 0 Å². The Kier molecular flexibility index (Phi) is 6.50. The Morgan fingerprint density at radius 2 is 1.69 bits per heavy atom. The summed E-state index contributed by atoms with van der Waals surface area (Å²) < 4.78 is 20.8. The van der Waals surface area contributed by atoms with E-state index in [1.165, 1.54) is 17.6 Å². The van der Waals surface area contributed by atoms with Gasteiger partial charge in [-0.25, -0.2) is 4.39 Å². The van der Waals surface area contributed by atoms with Crippen LogP contribution >= 0.6 is 0 Å². The number of ether oxygens (including phenoxy) is 1. The molecule has 2 nitrogen and oxygen atoms in total. The first-order valence-corrected chi connectivity index (χ1v) is 9.66. The number of allylic oxidation sites excluding steroid dienone is 5. The molecule has 0 amide bonds. The van der Waals surface area contributed by atoms with E-state index >= 15 is 0 Å². The first kappa shape index (κ1) is 20.4. The summed E-state index contributed by atoms with van der Waals surface area (Å²) in [5, 5.41) is 1.16. The maximum absolute atomic E-state index is 13.5. The third-order valence-electron chi connectivity index (χ3n) is 4.73. The lowest BCUT2D eigenvalue weighted by Gasteiger charge is -2.13. The number of aromatic nitrogens is 1. The highest BCUT2D eigenvalue weighted by Gasteiger charge is 2.18. The number of hydrogen-bond donors (Lipinski definition) is 0. The summed E-state index contributed by atoms with van der Waals surface area (Å²) in [4.78, 5) is 0. The zero-order valence-electron chi connectivity index (χ0n) is 17.1. The van der Waals surface area contributed by atoms with Crippen LogP contribution in [0.2, 0.25) is 0 Å². The quantitative estimate of drug-likeness (QED) is 0.306. The summed E-state index contributed by atoms with van der Waals surface area (Å²) in [6.07, 6.45) is 11.7. The van der Waals surface area contributed by atoms with Crippen LogP contribution in [0.25, 0.3) is 28.1 Å². The molecule has 29 heavy (non-hydrogen) atoms. The number of rotatable bonds is 7. The molecule has 3 rings (SSSR count). The van der Waals surface area contributed by atoms with E-state index < -0.39 is 0 Å². The first-order chi connectivity index (χ1) is 14.0. The smallest absolute Gasteiger partial charge is 0.123 e. The summed E-state index contributed by atoms with van der Waals surface area (Å²) in [6.45, 7) is 8.10. The van der Waals surface area contributed by atoms with Gasteiger partial charge in [-0.15, -0.1) is 0 Å². The van der Waals surface area contributed by atoms with E-state index in [1.807, 2.05) is 42.5 Å². The number of methoxy groups -OCH3 is 1. The van der Waals surface area contributed by atoms with E-state index in [-0.39, 0.29) is 11.9 Å². The molecular formula is C26H26FNO. The Morgan fingerprint density at radius 3 is 2.38 bits per heavy atom.